The van der Waals surface area contributed by atoms with Crippen molar-refractivity contribution in [2.45, 2.75) is 19.9 Å². The molecule has 0 aliphatic rings. The molecule has 0 saturated heterocycles. The molecule has 6 nitrogen and oxygen atoms in total. The fraction of sp³-hybridized carbons (Fsp3) is 0.421. The number of amides is 1. The number of rotatable bonds is 8. The van der Waals surface area contributed by atoms with Crippen LogP contribution < -0.4 is 5.56 Å². The molecule has 8 heteroatoms. The Hall–Kier alpha value is -2.03. The van der Waals surface area contributed by atoms with Crippen molar-refractivity contribution < 1.29 is 4.79 Å². The fourth-order valence-corrected chi connectivity index (χ4v) is 4.61. The molecule has 144 valence electrons. The Morgan fingerprint density at radius 2 is 2.04 bits per heavy atom. The van der Waals surface area contributed by atoms with Gasteiger partial charge in [0, 0.05) is 35.5 Å². The highest BCUT2D eigenvalue weighted by molar-refractivity contribution is 7.18. The third-order valence-corrected chi connectivity index (χ3v) is 6.11. The SMILES string of the molecule is CCCN(CCN(C)C)C(=O)Cn1cnc2scc(-c3cccs3)c2c1=O. The standard InChI is InChI=1S/C19H24N4O2S2/c1-4-7-22(9-8-21(2)3)16(24)11-23-13-20-18-17(19(23)25)14(12-27-18)15-6-5-10-26-15/h5-6,10,12-13H,4,7-9,11H2,1-3H3. The largest absolute Gasteiger partial charge is 0.340 e. The van der Waals surface area contributed by atoms with E-state index in [1.165, 1.54) is 22.2 Å². The van der Waals surface area contributed by atoms with Gasteiger partial charge in [-0.1, -0.05) is 13.0 Å². The van der Waals surface area contributed by atoms with Gasteiger partial charge in [-0.2, -0.15) is 0 Å². The lowest BCUT2D eigenvalue weighted by molar-refractivity contribution is -0.132. The van der Waals surface area contributed by atoms with Crippen LogP contribution in [0, 0.1) is 0 Å². The Bertz CT molecular complexity index is 960. The molecule has 0 fully saturated rings. The molecule has 0 aromatic carbocycles. The number of thiophene rings is 2. The predicted octanol–water partition coefficient (Wildman–Crippen LogP) is 2.99. The van der Waals surface area contributed by atoms with E-state index < -0.39 is 0 Å². The summed E-state index contributed by atoms with van der Waals surface area (Å²) in [4.78, 5) is 35.9. The molecule has 0 unspecified atom stereocenters. The van der Waals surface area contributed by atoms with Crippen LogP contribution in [-0.4, -0.2) is 59.0 Å². The van der Waals surface area contributed by atoms with E-state index in [4.69, 9.17) is 0 Å². The Kier molecular flexibility index (Phi) is 6.41. The smallest absolute Gasteiger partial charge is 0.263 e. The number of hydrogen-bond acceptors (Lipinski definition) is 6. The van der Waals surface area contributed by atoms with Gasteiger partial charge in [0.2, 0.25) is 5.91 Å². The number of carbonyl (C=O) groups is 1. The van der Waals surface area contributed by atoms with Crippen LogP contribution in [0.5, 0.6) is 0 Å². The first-order valence-corrected chi connectivity index (χ1v) is 10.7. The first-order valence-electron chi connectivity index (χ1n) is 8.94. The quantitative estimate of drug-likeness (QED) is 0.579. The summed E-state index contributed by atoms with van der Waals surface area (Å²) in [5.74, 6) is -0.0464. The molecule has 0 aliphatic heterocycles. The van der Waals surface area contributed by atoms with Gasteiger partial charge in [-0.25, -0.2) is 4.98 Å². The summed E-state index contributed by atoms with van der Waals surface area (Å²) in [6, 6.07) is 3.97. The molecule has 3 aromatic rings. The Labute approximate surface area is 166 Å². The number of carbonyl (C=O) groups excluding carboxylic acids is 1. The predicted molar refractivity (Wildman–Crippen MR) is 113 cm³/mol. The minimum absolute atomic E-state index is 0.0227. The summed E-state index contributed by atoms with van der Waals surface area (Å²) in [5.41, 5.74) is 0.754. The number of fused-ring (bicyclic) bond motifs is 1. The molecule has 0 bridgehead atoms. The van der Waals surface area contributed by atoms with Gasteiger partial charge in [0.1, 0.15) is 11.4 Å². The highest BCUT2D eigenvalue weighted by Crippen LogP contribution is 2.33. The molecular weight excluding hydrogens is 380 g/mol. The zero-order chi connectivity index (χ0) is 19.4. The third-order valence-electron chi connectivity index (χ3n) is 4.32. The summed E-state index contributed by atoms with van der Waals surface area (Å²) < 4.78 is 1.44. The second-order valence-corrected chi connectivity index (χ2v) is 8.47. The monoisotopic (exact) mass is 404 g/mol. The van der Waals surface area contributed by atoms with Crippen molar-refractivity contribution >= 4 is 38.8 Å². The summed E-state index contributed by atoms with van der Waals surface area (Å²) in [6.07, 6.45) is 2.38. The molecular formula is C19H24N4O2S2. The van der Waals surface area contributed by atoms with E-state index in [1.54, 1.807) is 11.3 Å². The van der Waals surface area contributed by atoms with Crippen LogP contribution in [0.2, 0.25) is 0 Å². The van der Waals surface area contributed by atoms with Gasteiger partial charge in [-0.3, -0.25) is 14.2 Å². The fourth-order valence-electron chi connectivity index (χ4n) is 2.89. The van der Waals surface area contributed by atoms with Gasteiger partial charge >= 0.3 is 0 Å². The van der Waals surface area contributed by atoms with Crippen molar-refractivity contribution in [2.75, 3.05) is 33.7 Å². The van der Waals surface area contributed by atoms with E-state index in [-0.39, 0.29) is 18.0 Å². The molecule has 0 radical (unpaired) electrons. The summed E-state index contributed by atoms with van der Waals surface area (Å²) >= 11 is 3.06. The summed E-state index contributed by atoms with van der Waals surface area (Å²) in [6.45, 7) is 4.22. The molecule has 27 heavy (non-hydrogen) atoms. The zero-order valence-electron chi connectivity index (χ0n) is 15.8. The molecule has 3 rings (SSSR count). The average Bonchev–Trinajstić information content (AvgIpc) is 3.30. The zero-order valence-corrected chi connectivity index (χ0v) is 17.5. The van der Waals surface area contributed by atoms with Crippen LogP contribution in [0.3, 0.4) is 0 Å². The minimum Gasteiger partial charge on any atom is -0.340 e. The van der Waals surface area contributed by atoms with Crippen molar-refractivity contribution in [1.82, 2.24) is 19.4 Å². The maximum absolute atomic E-state index is 13.0. The lowest BCUT2D eigenvalue weighted by atomic mass is 10.2. The molecule has 0 aliphatic carbocycles. The lowest BCUT2D eigenvalue weighted by Crippen LogP contribution is -2.40. The van der Waals surface area contributed by atoms with Crippen LogP contribution in [0.1, 0.15) is 13.3 Å². The first kappa shape index (κ1) is 19.7. The highest BCUT2D eigenvalue weighted by atomic mass is 32.1. The topological polar surface area (TPSA) is 58.4 Å². The van der Waals surface area contributed by atoms with Crippen LogP contribution in [0.25, 0.3) is 20.7 Å². The van der Waals surface area contributed by atoms with Crippen molar-refractivity contribution in [2.24, 2.45) is 0 Å². The van der Waals surface area contributed by atoms with Crippen LogP contribution in [0.15, 0.2) is 34.0 Å². The molecule has 0 spiro atoms. The Balaban J connectivity index is 1.88. The van der Waals surface area contributed by atoms with Gasteiger partial charge in [0.25, 0.3) is 5.56 Å². The number of hydrogen-bond donors (Lipinski definition) is 0. The summed E-state index contributed by atoms with van der Waals surface area (Å²) in [7, 11) is 3.97. The minimum atomic E-state index is -0.151. The second-order valence-electron chi connectivity index (χ2n) is 6.67. The van der Waals surface area contributed by atoms with Gasteiger partial charge in [-0.05, 0) is 32.0 Å². The van der Waals surface area contributed by atoms with Gasteiger partial charge < -0.3 is 9.80 Å². The maximum atomic E-state index is 13.0. The second kappa shape index (κ2) is 8.77. The third kappa shape index (κ3) is 4.45. The Morgan fingerprint density at radius 3 is 2.70 bits per heavy atom. The first-order chi connectivity index (χ1) is 13.0. The highest BCUT2D eigenvalue weighted by Gasteiger charge is 2.18. The molecule has 0 saturated carbocycles. The van der Waals surface area contributed by atoms with E-state index in [0.717, 1.165) is 23.4 Å². The van der Waals surface area contributed by atoms with Gasteiger partial charge in [0.15, 0.2) is 0 Å². The van der Waals surface area contributed by atoms with E-state index in [0.29, 0.717) is 23.3 Å². The van der Waals surface area contributed by atoms with E-state index in [1.807, 2.05) is 53.7 Å². The van der Waals surface area contributed by atoms with Crippen LogP contribution >= 0.6 is 22.7 Å². The van der Waals surface area contributed by atoms with Crippen LogP contribution in [0.4, 0.5) is 0 Å². The molecule has 0 N–H and O–H groups in total. The molecule has 3 aromatic heterocycles. The average molecular weight is 405 g/mol. The van der Waals surface area contributed by atoms with E-state index in [9.17, 15) is 9.59 Å². The summed E-state index contributed by atoms with van der Waals surface area (Å²) in [5, 5.41) is 4.57. The maximum Gasteiger partial charge on any atom is 0.263 e. The number of likely N-dealkylation sites (N-methyl/N-ethyl adjacent to an activating group) is 1. The van der Waals surface area contributed by atoms with Gasteiger partial charge in [-0.15, -0.1) is 22.7 Å². The van der Waals surface area contributed by atoms with Crippen LogP contribution in [-0.2, 0) is 11.3 Å². The van der Waals surface area contributed by atoms with Crippen molar-refractivity contribution in [3.05, 3.63) is 39.6 Å². The molecule has 0 atom stereocenters. The van der Waals surface area contributed by atoms with E-state index >= 15 is 0 Å². The van der Waals surface area contributed by atoms with E-state index in [2.05, 4.69) is 4.98 Å². The lowest BCUT2D eigenvalue weighted by Gasteiger charge is -2.24. The Morgan fingerprint density at radius 1 is 1.22 bits per heavy atom. The van der Waals surface area contributed by atoms with Gasteiger partial charge in [0.05, 0.1) is 11.7 Å². The molecule has 1 amide bonds. The van der Waals surface area contributed by atoms with Crippen molar-refractivity contribution in [3.8, 4) is 10.4 Å². The van der Waals surface area contributed by atoms with Crippen molar-refractivity contribution in [3.63, 3.8) is 0 Å². The normalized spacial score (nSPS) is 11.4. The molecule has 3 heterocycles. The number of aromatic nitrogens is 2. The number of nitrogens with zero attached hydrogens (tertiary/aromatic N) is 4. The van der Waals surface area contributed by atoms with Crippen molar-refractivity contribution in [1.29, 1.82) is 0 Å².